The first kappa shape index (κ1) is 16.5. The Labute approximate surface area is 131 Å². The van der Waals surface area contributed by atoms with Gasteiger partial charge in [-0.2, -0.15) is 0 Å². The normalized spacial score (nSPS) is 21.2. The third kappa shape index (κ3) is 4.31. The zero-order chi connectivity index (χ0) is 16.1. The average Bonchev–Trinajstić information content (AvgIpc) is 2.47. The standard InChI is InChI=1S/C17H24N2O3/c1-11-9-15(7-8-16(11)12(2)21)19-17(22)18-14-5-3-13(10-20)4-6-14/h7-9,13-14,20H,3-6,10H2,1-2H3,(H2,18,19,22). The Morgan fingerprint density at radius 2 is 1.91 bits per heavy atom. The molecule has 1 aliphatic rings. The molecule has 0 bridgehead atoms. The lowest BCUT2D eigenvalue weighted by Gasteiger charge is -2.28. The van der Waals surface area contributed by atoms with Gasteiger partial charge in [-0.25, -0.2) is 4.79 Å². The maximum atomic E-state index is 12.0. The third-order valence-corrected chi connectivity index (χ3v) is 4.30. The van der Waals surface area contributed by atoms with Gasteiger partial charge in [0.2, 0.25) is 0 Å². The van der Waals surface area contributed by atoms with Crippen LogP contribution in [0.1, 0.15) is 48.5 Å². The maximum Gasteiger partial charge on any atom is 0.319 e. The van der Waals surface area contributed by atoms with E-state index in [0.717, 1.165) is 31.2 Å². The number of amides is 2. The van der Waals surface area contributed by atoms with E-state index in [9.17, 15) is 9.59 Å². The van der Waals surface area contributed by atoms with E-state index in [2.05, 4.69) is 10.6 Å². The minimum Gasteiger partial charge on any atom is -0.396 e. The molecule has 0 heterocycles. The number of benzene rings is 1. The molecule has 1 aromatic carbocycles. The van der Waals surface area contributed by atoms with Crippen LogP contribution in [0.4, 0.5) is 10.5 Å². The molecule has 2 amide bonds. The van der Waals surface area contributed by atoms with Crippen LogP contribution in [0.25, 0.3) is 0 Å². The number of aryl methyl sites for hydroxylation is 1. The molecule has 0 aliphatic heterocycles. The molecule has 1 saturated carbocycles. The lowest BCUT2D eigenvalue weighted by atomic mass is 9.87. The van der Waals surface area contributed by atoms with Gasteiger partial charge in [0.15, 0.2) is 5.78 Å². The first-order chi connectivity index (χ1) is 10.5. The first-order valence-electron chi connectivity index (χ1n) is 7.79. The monoisotopic (exact) mass is 304 g/mol. The molecular weight excluding hydrogens is 280 g/mol. The topological polar surface area (TPSA) is 78.4 Å². The maximum absolute atomic E-state index is 12.0. The van der Waals surface area contributed by atoms with Gasteiger partial charge in [0.25, 0.3) is 0 Å². The van der Waals surface area contributed by atoms with Crippen LogP contribution >= 0.6 is 0 Å². The van der Waals surface area contributed by atoms with E-state index < -0.39 is 0 Å². The Bertz CT molecular complexity index is 549. The van der Waals surface area contributed by atoms with Gasteiger partial charge < -0.3 is 15.7 Å². The van der Waals surface area contributed by atoms with Gasteiger partial charge in [-0.3, -0.25) is 4.79 Å². The van der Waals surface area contributed by atoms with Crippen molar-refractivity contribution < 1.29 is 14.7 Å². The summed E-state index contributed by atoms with van der Waals surface area (Å²) in [6.45, 7) is 3.63. The van der Waals surface area contributed by atoms with Gasteiger partial charge in [-0.05, 0) is 69.2 Å². The largest absolute Gasteiger partial charge is 0.396 e. The molecule has 3 N–H and O–H groups in total. The Kier molecular flexibility index (Phi) is 5.55. The molecule has 0 spiro atoms. The summed E-state index contributed by atoms with van der Waals surface area (Å²) in [5.74, 6) is 0.400. The Morgan fingerprint density at radius 3 is 2.45 bits per heavy atom. The highest BCUT2D eigenvalue weighted by atomic mass is 16.3. The zero-order valence-corrected chi connectivity index (χ0v) is 13.2. The third-order valence-electron chi connectivity index (χ3n) is 4.30. The summed E-state index contributed by atoms with van der Waals surface area (Å²) < 4.78 is 0. The molecule has 5 nitrogen and oxygen atoms in total. The second-order valence-corrected chi connectivity index (χ2v) is 6.08. The molecule has 1 fully saturated rings. The highest BCUT2D eigenvalue weighted by molar-refractivity contribution is 5.96. The molecule has 1 aromatic rings. The molecular formula is C17H24N2O3. The van der Waals surface area contributed by atoms with Crippen molar-refractivity contribution in [3.05, 3.63) is 29.3 Å². The predicted octanol–water partition coefficient (Wildman–Crippen LogP) is 2.87. The fourth-order valence-corrected chi connectivity index (χ4v) is 2.98. The minimum atomic E-state index is -0.220. The van der Waals surface area contributed by atoms with E-state index in [-0.39, 0.29) is 24.5 Å². The fraction of sp³-hybridized carbons (Fsp3) is 0.529. The van der Waals surface area contributed by atoms with Crippen molar-refractivity contribution >= 4 is 17.5 Å². The van der Waals surface area contributed by atoms with E-state index in [1.165, 1.54) is 6.92 Å². The average molecular weight is 304 g/mol. The van der Waals surface area contributed by atoms with Crippen LogP contribution in [-0.4, -0.2) is 29.6 Å². The summed E-state index contributed by atoms with van der Waals surface area (Å²) in [6.07, 6.45) is 3.71. The molecule has 5 heteroatoms. The second kappa shape index (κ2) is 7.40. The van der Waals surface area contributed by atoms with Crippen LogP contribution in [0.3, 0.4) is 0 Å². The Balaban J connectivity index is 1.87. The lowest BCUT2D eigenvalue weighted by molar-refractivity contribution is 0.101. The number of aliphatic hydroxyl groups is 1. The number of ketones is 1. The Morgan fingerprint density at radius 1 is 1.23 bits per heavy atom. The summed E-state index contributed by atoms with van der Waals surface area (Å²) in [4.78, 5) is 23.4. The number of carbonyl (C=O) groups excluding carboxylic acids is 2. The molecule has 0 aromatic heterocycles. The lowest BCUT2D eigenvalue weighted by Crippen LogP contribution is -2.40. The van der Waals surface area contributed by atoms with E-state index in [0.29, 0.717) is 17.2 Å². The van der Waals surface area contributed by atoms with Crippen LogP contribution < -0.4 is 10.6 Å². The van der Waals surface area contributed by atoms with Crippen molar-refractivity contribution in [2.24, 2.45) is 5.92 Å². The minimum absolute atomic E-state index is 0.0224. The number of nitrogens with one attached hydrogen (secondary N) is 2. The van der Waals surface area contributed by atoms with Crippen LogP contribution in [0.5, 0.6) is 0 Å². The molecule has 120 valence electrons. The summed E-state index contributed by atoms with van der Waals surface area (Å²) in [7, 11) is 0. The predicted molar refractivity (Wildman–Crippen MR) is 86.2 cm³/mol. The van der Waals surface area contributed by atoms with Gasteiger partial charge in [0.1, 0.15) is 0 Å². The summed E-state index contributed by atoms with van der Waals surface area (Å²) in [6, 6.07) is 5.23. The number of urea groups is 1. The van der Waals surface area contributed by atoms with Gasteiger partial charge >= 0.3 is 6.03 Å². The van der Waals surface area contributed by atoms with Gasteiger partial charge in [-0.1, -0.05) is 0 Å². The summed E-state index contributed by atoms with van der Waals surface area (Å²) in [5.41, 5.74) is 2.21. The molecule has 0 unspecified atom stereocenters. The smallest absolute Gasteiger partial charge is 0.319 e. The summed E-state index contributed by atoms with van der Waals surface area (Å²) >= 11 is 0. The molecule has 2 rings (SSSR count). The van der Waals surface area contributed by atoms with E-state index in [4.69, 9.17) is 5.11 Å². The van der Waals surface area contributed by atoms with Crippen molar-refractivity contribution in [1.29, 1.82) is 0 Å². The van der Waals surface area contributed by atoms with Gasteiger partial charge in [0.05, 0.1) is 0 Å². The number of aliphatic hydroxyl groups excluding tert-OH is 1. The van der Waals surface area contributed by atoms with E-state index in [1.807, 2.05) is 6.92 Å². The van der Waals surface area contributed by atoms with E-state index >= 15 is 0 Å². The van der Waals surface area contributed by atoms with Gasteiger partial charge in [-0.15, -0.1) is 0 Å². The van der Waals surface area contributed by atoms with E-state index in [1.54, 1.807) is 18.2 Å². The number of hydrogen-bond donors (Lipinski definition) is 3. The van der Waals surface area contributed by atoms with Crippen molar-refractivity contribution in [2.75, 3.05) is 11.9 Å². The number of Topliss-reactive ketones (excluding diaryl/α,β-unsaturated/α-hetero) is 1. The number of hydrogen-bond acceptors (Lipinski definition) is 3. The second-order valence-electron chi connectivity index (χ2n) is 6.08. The Hall–Kier alpha value is -1.88. The molecule has 0 radical (unpaired) electrons. The SMILES string of the molecule is CC(=O)c1ccc(NC(=O)NC2CCC(CO)CC2)cc1C. The fourth-order valence-electron chi connectivity index (χ4n) is 2.98. The summed E-state index contributed by atoms with van der Waals surface area (Å²) in [5, 5.41) is 14.9. The van der Waals surface area contributed by atoms with Crippen molar-refractivity contribution in [3.63, 3.8) is 0 Å². The van der Waals surface area contributed by atoms with Crippen molar-refractivity contribution in [2.45, 2.75) is 45.6 Å². The van der Waals surface area contributed by atoms with Crippen LogP contribution in [0.15, 0.2) is 18.2 Å². The quantitative estimate of drug-likeness (QED) is 0.748. The van der Waals surface area contributed by atoms with Crippen LogP contribution in [0.2, 0.25) is 0 Å². The van der Waals surface area contributed by atoms with Crippen LogP contribution in [-0.2, 0) is 0 Å². The molecule has 0 saturated heterocycles. The van der Waals surface area contributed by atoms with Crippen molar-refractivity contribution in [1.82, 2.24) is 5.32 Å². The van der Waals surface area contributed by atoms with Gasteiger partial charge in [0, 0.05) is 23.9 Å². The number of carbonyl (C=O) groups is 2. The molecule has 0 atom stereocenters. The zero-order valence-electron chi connectivity index (χ0n) is 13.2. The van der Waals surface area contributed by atoms with Crippen LogP contribution in [0, 0.1) is 12.8 Å². The number of rotatable bonds is 4. The molecule has 1 aliphatic carbocycles. The molecule has 22 heavy (non-hydrogen) atoms. The number of anilines is 1. The first-order valence-corrected chi connectivity index (χ1v) is 7.79. The highest BCUT2D eigenvalue weighted by Gasteiger charge is 2.21. The highest BCUT2D eigenvalue weighted by Crippen LogP contribution is 2.23. The van der Waals surface area contributed by atoms with Crippen molar-refractivity contribution in [3.8, 4) is 0 Å².